The molecule has 18 heavy (non-hydrogen) atoms. The second-order valence-electron chi connectivity index (χ2n) is 4.64. The number of fused-ring (bicyclic) bond motifs is 1. The normalized spacial score (nSPS) is 12.9. The van der Waals surface area contributed by atoms with Gasteiger partial charge >= 0.3 is 5.97 Å². The number of nitrogens with zero attached hydrogens (tertiary/aromatic N) is 1. The third-order valence-corrected chi connectivity index (χ3v) is 3.28. The number of carboxylic acid groups (broad SMARTS) is 1. The number of aromatic nitrogens is 1. The van der Waals surface area contributed by atoms with Crippen LogP contribution < -0.4 is 0 Å². The molecule has 0 fully saturated rings. The molecule has 0 saturated heterocycles. The fourth-order valence-electron chi connectivity index (χ4n) is 2.12. The summed E-state index contributed by atoms with van der Waals surface area (Å²) in [6.45, 7) is 3.78. The summed E-state index contributed by atoms with van der Waals surface area (Å²) < 4.78 is 0. The molecule has 0 aliphatic rings. The first-order valence-corrected chi connectivity index (χ1v) is 6.15. The highest BCUT2D eigenvalue weighted by atomic mass is 35.5. The Morgan fingerprint density at radius 3 is 2.72 bits per heavy atom. The van der Waals surface area contributed by atoms with Crippen LogP contribution in [0.25, 0.3) is 10.9 Å². The topological polar surface area (TPSA) is 50.2 Å². The summed E-state index contributed by atoms with van der Waals surface area (Å²) in [6.07, 6.45) is 1.60. The van der Waals surface area contributed by atoms with E-state index in [0.29, 0.717) is 16.1 Å². The van der Waals surface area contributed by atoms with E-state index in [1.165, 1.54) is 0 Å². The van der Waals surface area contributed by atoms with Gasteiger partial charge < -0.3 is 5.11 Å². The molecule has 0 spiro atoms. The predicted octanol–water partition coefficient (Wildman–Crippen LogP) is 3.71. The van der Waals surface area contributed by atoms with E-state index in [4.69, 9.17) is 11.6 Å². The SMILES string of the molecule is CC(C)C(C(=O)O)c1cnc2c(Cl)cccc2c1. The van der Waals surface area contributed by atoms with Gasteiger partial charge in [0.15, 0.2) is 0 Å². The van der Waals surface area contributed by atoms with Gasteiger partial charge in [-0.1, -0.05) is 37.6 Å². The maximum absolute atomic E-state index is 11.3. The smallest absolute Gasteiger partial charge is 0.311 e. The molecule has 2 aromatic rings. The van der Waals surface area contributed by atoms with Crippen molar-refractivity contribution in [2.75, 3.05) is 0 Å². The van der Waals surface area contributed by atoms with Gasteiger partial charge in [-0.15, -0.1) is 0 Å². The zero-order chi connectivity index (χ0) is 13.3. The molecule has 0 aliphatic carbocycles. The molecule has 0 saturated carbocycles. The Bertz CT molecular complexity index is 595. The highest BCUT2D eigenvalue weighted by Crippen LogP contribution is 2.28. The van der Waals surface area contributed by atoms with E-state index < -0.39 is 11.9 Å². The zero-order valence-corrected chi connectivity index (χ0v) is 11.0. The first-order valence-electron chi connectivity index (χ1n) is 5.77. The average Bonchev–Trinajstić information content (AvgIpc) is 2.28. The summed E-state index contributed by atoms with van der Waals surface area (Å²) >= 11 is 6.04. The van der Waals surface area contributed by atoms with Crippen molar-refractivity contribution < 1.29 is 9.90 Å². The van der Waals surface area contributed by atoms with Crippen LogP contribution in [0.15, 0.2) is 30.5 Å². The largest absolute Gasteiger partial charge is 0.481 e. The van der Waals surface area contributed by atoms with Gasteiger partial charge in [-0.2, -0.15) is 0 Å². The Morgan fingerprint density at radius 1 is 1.39 bits per heavy atom. The minimum atomic E-state index is -0.826. The maximum Gasteiger partial charge on any atom is 0.311 e. The predicted molar refractivity (Wildman–Crippen MR) is 72.0 cm³/mol. The number of carboxylic acids is 1. The van der Waals surface area contributed by atoms with E-state index >= 15 is 0 Å². The van der Waals surface area contributed by atoms with E-state index in [1.54, 1.807) is 12.3 Å². The minimum Gasteiger partial charge on any atom is -0.481 e. The third-order valence-electron chi connectivity index (χ3n) is 2.97. The summed E-state index contributed by atoms with van der Waals surface area (Å²) in [7, 11) is 0. The van der Waals surface area contributed by atoms with Crippen molar-refractivity contribution in [3.63, 3.8) is 0 Å². The molecule has 1 heterocycles. The van der Waals surface area contributed by atoms with Gasteiger partial charge in [0.25, 0.3) is 0 Å². The second kappa shape index (κ2) is 4.94. The van der Waals surface area contributed by atoms with Crippen molar-refractivity contribution in [1.82, 2.24) is 4.98 Å². The molecule has 1 N–H and O–H groups in total. The molecule has 1 atom stereocenters. The van der Waals surface area contributed by atoms with E-state index in [-0.39, 0.29) is 5.92 Å². The van der Waals surface area contributed by atoms with E-state index in [9.17, 15) is 9.90 Å². The number of benzene rings is 1. The summed E-state index contributed by atoms with van der Waals surface area (Å²) in [6, 6.07) is 7.35. The lowest BCUT2D eigenvalue weighted by Crippen LogP contribution is -2.17. The molecule has 1 aromatic carbocycles. The molecular formula is C14H14ClNO2. The van der Waals surface area contributed by atoms with Crippen molar-refractivity contribution in [3.05, 3.63) is 41.0 Å². The second-order valence-corrected chi connectivity index (χ2v) is 5.05. The molecule has 0 amide bonds. The fourth-order valence-corrected chi connectivity index (χ4v) is 2.35. The summed E-state index contributed by atoms with van der Waals surface area (Å²) in [5.74, 6) is -1.35. The Morgan fingerprint density at radius 2 is 2.11 bits per heavy atom. The van der Waals surface area contributed by atoms with Crippen LogP contribution in [0.4, 0.5) is 0 Å². The van der Waals surface area contributed by atoms with Crippen molar-refractivity contribution in [2.45, 2.75) is 19.8 Å². The number of halogens is 1. The lowest BCUT2D eigenvalue weighted by atomic mass is 9.89. The van der Waals surface area contributed by atoms with Gasteiger partial charge in [-0.25, -0.2) is 0 Å². The first kappa shape index (κ1) is 12.8. The Hall–Kier alpha value is -1.61. The average molecular weight is 264 g/mol. The number of rotatable bonds is 3. The minimum absolute atomic E-state index is 0.0148. The standard InChI is InChI=1S/C14H14ClNO2/c1-8(2)12(14(17)18)10-6-9-4-3-5-11(15)13(9)16-7-10/h3-8,12H,1-2H3,(H,17,18). The van der Waals surface area contributed by atoms with Gasteiger partial charge in [-0.05, 0) is 23.6 Å². The molecule has 4 heteroatoms. The van der Waals surface area contributed by atoms with Crippen LogP contribution in [-0.4, -0.2) is 16.1 Å². The summed E-state index contributed by atoms with van der Waals surface area (Å²) in [4.78, 5) is 15.6. The number of hydrogen-bond donors (Lipinski definition) is 1. The van der Waals surface area contributed by atoms with Crippen LogP contribution in [-0.2, 0) is 4.79 Å². The van der Waals surface area contributed by atoms with Gasteiger partial charge in [0.05, 0.1) is 16.5 Å². The monoisotopic (exact) mass is 263 g/mol. The quantitative estimate of drug-likeness (QED) is 0.918. The van der Waals surface area contributed by atoms with Crippen molar-refractivity contribution >= 4 is 28.5 Å². The van der Waals surface area contributed by atoms with E-state index in [0.717, 1.165) is 5.39 Å². The van der Waals surface area contributed by atoms with Crippen molar-refractivity contribution in [1.29, 1.82) is 0 Å². The van der Waals surface area contributed by atoms with Crippen molar-refractivity contribution in [3.8, 4) is 0 Å². The number of aliphatic carboxylic acids is 1. The molecule has 1 unspecified atom stereocenters. The Kier molecular flexibility index (Phi) is 3.53. The Balaban J connectivity index is 2.56. The van der Waals surface area contributed by atoms with Crippen LogP contribution in [0.5, 0.6) is 0 Å². The third kappa shape index (κ3) is 2.31. The highest BCUT2D eigenvalue weighted by Gasteiger charge is 2.24. The maximum atomic E-state index is 11.3. The number of pyridine rings is 1. The van der Waals surface area contributed by atoms with Gasteiger partial charge in [0, 0.05) is 11.6 Å². The lowest BCUT2D eigenvalue weighted by Gasteiger charge is -2.16. The van der Waals surface area contributed by atoms with Gasteiger partial charge in [0.2, 0.25) is 0 Å². The molecule has 2 rings (SSSR count). The van der Waals surface area contributed by atoms with Crippen LogP contribution in [0.2, 0.25) is 5.02 Å². The number of hydrogen-bond acceptors (Lipinski definition) is 2. The van der Waals surface area contributed by atoms with Crippen molar-refractivity contribution in [2.24, 2.45) is 5.92 Å². The van der Waals surface area contributed by atoms with E-state index in [1.807, 2.05) is 32.0 Å². The highest BCUT2D eigenvalue weighted by molar-refractivity contribution is 6.35. The van der Waals surface area contributed by atoms with Crippen LogP contribution in [0.1, 0.15) is 25.3 Å². The van der Waals surface area contributed by atoms with Crippen LogP contribution in [0, 0.1) is 5.92 Å². The molecule has 3 nitrogen and oxygen atoms in total. The molecule has 0 bridgehead atoms. The molecular weight excluding hydrogens is 250 g/mol. The fraction of sp³-hybridized carbons (Fsp3) is 0.286. The zero-order valence-electron chi connectivity index (χ0n) is 10.2. The molecule has 94 valence electrons. The summed E-state index contributed by atoms with van der Waals surface area (Å²) in [5.41, 5.74) is 1.42. The molecule has 1 aromatic heterocycles. The van der Waals surface area contributed by atoms with E-state index in [2.05, 4.69) is 4.98 Å². The Labute approximate surface area is 110 Å². The number of para-hydroxylation sites is 1. The molecule has 0 aliphatic heterocycles. The summed E-state index contributed by atoms with van der Waals surface area (Å²) in [5, 5.41) is 10.7. The van der Waals surface area contributed by atoms with Crippen LogP contribution in [0.3, 0.4) is 0 Å². The lowest BCUT2D eigenvalue weighted by molar-refractivity contribution is -0.139. The van der Waals surface area contributed by atoms with Gasteiger partial charge in [-0.3, -0.25) is 9.78 Å². The first-order chi connectivity index (χ1) is 8.50. The molecule has 0 radical (unpaired) electrons. The van der Waals surface area contributed by atoms with Gasteiger partial charge in [0.1, 0.15) is 0 Å². The number of carbonyl (C=O) groups is 1. The van der Waals surface area contributed by atoms with Crippen LogP contribution >= 0.6 is 11.6 Å².